The number of urea groups is 1. The lowest BCUT2D eigenvalue weighted by Gasteiger charge is -2.23. The number of amides is 2. The van der Waals surface area contributed by atoms with Crippen LogP contribution in [-0.4, -0.2) is 36.6 Å². The molecule has 1 aliphatic rings. The topological polar surface area (TPSA) is 58.4 Å². The van der Waals surface area contributed by atoms with Crippen LogP contribution in [-0.2, 0) is 0 Å². The summed E-state index contributed by atoms with van der Waals surface area (Å²) in [5, 5.41) is 2.63. The number of hydrogen-bond donors (Lipinski definition) is 2. The highest BCUT2D eigenvalue weighted by Gasteiger charge is 2.26. The molecule has 1 unspecified atom stereocenters. The van der Waals surface area contributed by atoms with E-state index in [0.717, 1.165) is 19.4 Å². The van der Waals surface area contributed by atoms with Crippen LogP contribution in [0.15, 0.2) is 0 Å². The second-order valence-electron chi connectivity index (χ2n) is 3.09. The van der Waals surface area contributed by atoms with Crippen LogP contribution in [0.1, 0.15) is 12.8 Å². The number of carbonyl (C=O) groups is 1. The summed E-state index contributed by atoms with van der Waals surface area (Å²) >= 11 is 0. The van der Waals surface area contributed by atoms with Crippen molar-refractivity contribution in [2.24, 2.45) is 5.73 Å². The molecule has 13 heavy (non-hydrogen) atoms. The molecule has 0 radical (unpaired) electrons. The Bertz CT molecular complexity index is 221. The number of nitrogens with one attached hydrogen (secondary N) is 1. The van der Waals surface area contributed by atoms with Crippen LogP contribution < -0.4 is 11.1 Å². The van der Waals surface area contributed by atoms with Crippen molar-refractivity contribution in [2.75, 3.05) is 19.6 Å². The second kappa shape index (κ2) is 4.73. The molecule has 1 heterocycles. The highest BCUT2D eigenvalue weighted by atomic mass is 16.2. The van der Waals surface area contributed by atoms with E-state index >= 15 is 0 Å². The van der Waals surface area contributed by atoms with Gasteiger partial charge in [-0.25, -0.2) is 4.79 Å². The SMILES string of the molecule is C#CCNC(=O)N1CCCC1CN. The molecule has 0 aromatic heterocycles. The molecule has 0 aromatic carbocycles. The lowest BCUT2D eigenvalue weighted by atomic mass is 10.2. The summed E-state index contributed by atoms with van der Waals surface area (Å²) in [7, 11) is 0. The van der Waals surface area contributed by atoms with Gasteiger partial charge in [-0.05, 0) is 12.8 Å². The van der Waals surface area contributed by atoms with Crippen LogP contribution in [0.25, 0.3) is 0 Å². The predicted molar refractivity (Wildman–Crippen MR) is 51.0 cm³/mol. The third kappa shape index (κ3) is 2.36. The van der Waals surface area contributed by atoms with E-state index in [9.17, 15) is 4.79 Å². The molecule has 4 heteroatoms. The van der Waals surface area contributed by atoms with E-state index in [-0.39, 0.29) is 18.6 Å². The maximum Gasteiger partial charge on any atom is 0.318 e. The molecule has 3 N–H and O–H groups in total. The molecule has 0 saturated carbocycles. The van der Waals surface area contributed by atoms with E-state index in [2.05, 4.69) is 11.2 Å². The molecule has 1 saturated heterocycles. The standard InChI is InChI=1S/C9H15N3O/c1-2-5-11-9(13)12-6-3-4-8(12)7-10/h1,8H,3-7,10H2,(H,11,13). The normalized spacial score (nSPS) is 21.2. The zero-order valence-corrected chi connectivity index (χ0v) is 7.62. The van der Waals surface area contributed by atoms with Gasteiger partial charge < -0.3 is 16.0 Å². The van der Waals surface area contributed by atoms with Crippen LogP contribution in [0.5, 0.6) is 0 Å². The summed E-state index contributed by atoms with van der Waals surface area (Å²) in [5.74, 6) is 2.37. The van der Waals surface area contributed by atoms with Crippen LogP contribution in [0.4, 0.5) is 4.79 Å². The smallest absolute Gasteiger partial charge is 0.318 e. The van der Waals surface area contributed by atoms with E-state index in [1.807, 2.05) is 0 Å². The fourth-order valence-electron chi connectivity index (χ4n) is 1.58. The van der Waals surface area contributed by atoms with Crippen molar-refractivity contribution >= 4 is 6.03 Å². The Morgan fingerprint density at radius 2 is 2.54 bits per heavy atom. The Morgan fingerprint density at radius 3 is 3.15 bits per heavy atom. The van der Waals surface area contributed by atoms with Gasteiger partial charge in [0.15, 0.2) is 0 Å². The van der Waals surface area contributed by atoms with Gasteiger partial charge in [0, 0.05) is 19.1 Å². The van der Waals surface area contributed by atoms with E-state index in [1.54, 1.807) is 4.90 Å². The molecule has 1 atom stereocenters. The van der Waals surface area contributed by atoms with Gasteiger partial charge in [0.05, 0.1) is 6.54 Å². The molecule has 0 spiro atoms. The Hall–Kier alpha value is -1.21. The van der Waals surface area contributed by atoms with Crippen molar-refractivity contribution in [3.8, 4) is 12.3 Å². The van der Waals surface area contributed by atoms with E-state index in [4.69, 9.17) is 12.2 Å². The second-order valence-corrected chi connectivity index (χ2v) is 3.09. The minimum Gasteiger partial charge on any atom is -0.328 e. The monoisotopic (exact) mass is 181 g/mol. The summed E-state index contributed by atoms with van der Waals surface area (Å²) in [6, 6.07) is 0.101. The number of nitrogens with two attached hydrogens (primary N) is 1. The first-order valence-electron chi connectivity index (χ1n) is 4.47. The molecule has 1 fully saturated rings. The van der Waals surface area contributed by atoms with Crippen LogP contribution in [0.3, 0.4) is 0 Å². The molecule has 0 aliphatic carbocycles. The molecule has 1 aliphatic heterocycles. The summed E-state index contributed by atoms with van der Waals surface area (Å²) in [6.45, 7) is 1.61. The Balaban J connectivity index is 2.41. The number of hydrogen-bond acceptors (Lipinski definition) is 2. The Morgan fingerprint density at radius 1 is 1.77 bits per heavy atom. The van der Waals surface area contributed by atoms with Gasteiger partial charge >= 0.3 is 6.03 Å². The molecule has 1 rings (SSSR count). The van der Waals surface area contributed by atoms with Crippen LogP contribution in [0, 0.1) is 12.3 Å². The fourth-order valence-corrected chi connectivity index (χ4v) is 1.58. The average Bonchev–Trinajstić information content (AvgIpc) is 2.61. The number of rotatable bonds is 2. The quantitative estimate of drug-likeness (QED) is 0.577. The Kier molecular flexibility index (Phi) is 3.59. The summed E-state index contributed by atoms with van der Waals surface area (Å²) in [5.41, 5.74) is 5.53. The molecule has 0 aromatic rings. The molecule has 4 nitrogen and oxygen atoms in total. The molecular formula is C9H15N3O. The number of terminal acetylenes is 1. The third-order valence-electron chi connectivity index (χ3n) is 2.25. The van der Waals surface area contributed by atoms with Gasteiger partial charge in [-0.1, -0.05) is 5.92 Å². The van der Waals surface area contributed by atoms with Crippen molar-refractivity contribution in [3.63, 3.8) is 0 Å². The van der Waals surface area contributed by atoms with Gasteiger partial charge in [0.25, 0.3) is 0 Å². The molecular weight excluding hydrogens is 166 g/mol. The number of carbonyl (C=O) groups excluding carboxylic acids is 1. The summed E-state index contributed by atoms with van der Waals surface area (Å²) in [4.78, 5) is 13.2. The molecule has 2 amide bonds. The third-order valence-corrected chi connectivity index (χ3v) is 2.25. The van der Waals surface area contributed by atoms with Crippen LogP contribution in [0.2, 0.25) is 0 Å². The average molecular weight is 181 g/mol. The predicted octanol–water partition coefficient (Wildman–Crippen LogP) is -0.248. The number of likely N-dealkylation sites (tertiary alicyclic amines) is 1. The van der Waals surface area contributed by atoms with Crippen molar-refractivity contribution in [2.45, 2.75) is 18.9 Å². The van der Waals surface area contributed by atoms with E-state index in [0.29, 0.717) is 6.54 Å². The maximum atomic E-state index is 11.4. The van der Waals surface area contributed by atoms with Crippen molar-refractivity contribution in [1.29, 1.82) is 0 Å². The van der Waals surface area contributed by atoms with Gasteiger partial charge in [0.2, 0.25) is 0 Å². The summed E-state index contributed by atoms with van der Waals surface area (Å²) in [6.07, 6.45) is 7.07. The maximum absolute atomic E-state index is 11.4. The zero-order valence-electron chi connectivity index (χ0n) is 7.62. The highest BCUT2D eigenvalue weighted by Crippen LogP contribution is 2.15. The van der Waals surface area contributed by atoms with Crippen molar-refractivity contribution in [3.05, 3.63) is 0 Å². The highest BCUT2D eigenvalue weighted by molar-refractivity contribution is 5.75. The van der Waals surface area contributed by atoms with E-state index < -0.39 is 0 Å². The van der Waals surface area contributed by atoms with Gasteiger partial charge in [0.1, 0.15) is 0 Å². The van der Waals surface area contributed by atoms with Crippen molar-refractivity contribution in [1.82, 2.24) is 10.2 Å². The van der Waals surface area contributed by atoms with Gasteiger partial charge in [-0.15, -0.1) is 6.42 Å². The largest absolute Gasteiger partial charge is 0.328 e. The molecule has 0 bridgehead atoms. The van der Waals surface area contributed by atoms with Gasteiger partial charge in [-0.2, -0.15) is 0 Å². The minimum atomic E-state index is -0.0918. The molecule has 72 valence electrons. The van der Waals surface area contributed by atoms with E-state index in [1.165, 1.54) is 0 Å². The van der Waals surface area contributed by atoms with Crippen LogP contribution >= 0.6 is 0 Å². The van der Waals surface area contributed by atoms with Crippen molar-refractivity contribution < 1.29 is 4.79 Å². The minimum absolute atomic E-state index is 0.0918. The lowest BCUT2D eigenvalue weighted by Crippen LogP contribution is -2.45. The fraction of sp³-hybridized carbons (Fsp3) is 0.667. The Labute approximate surface area is 78.5 Å². The number of nitrogens with zero attached hydrogens (tertiary/aromatic N) is 1. The first-order chi connectivity index (χ1) is 6.29. The van der Waals surface area contributed by atoms with Gasteiger partial charge in [-0.3, -0.25) is 0 Å². The zero-order chi connectivity index (χ0) is 9.68. The summed E-state index contributed by atoms with van der Waals surface area (Å²) < 4.78 is 0. The first kappa shape index (κ1) is 9.87. The lowest BCUT2D eigenvalue weighted by molar-refractivity contribution is 0.195. The first-order valence-corrected chi connectivity index (χ1v) is 4.47.